The minimum Gasteiger partial charge on any atom is -0.497 e. The summed E-state index contributed by atoms with van der Waals surface area (Å²) in [6, 6.07) is 5.83. The normalized spacial score (nSPS) is 11.5. The fourth-order valence-electron chi connectivity index (χ4n) is 1.27. The summed E-state index contributed by atoms with van der Waals surface area (Å²) >= 11 is 5.95. The van der Waals surface area contributed by atoms with Gasteiger partial charge >= 0.3 is 0 Å². The molecule has 13 heavy (non-hydrogen) atoms. The molecule has 1 rings (SSSR count). The molecule has 0 fully saturated rings. The van der Waals surface area contributed by atoms with Gasteiger partial charge in [-0.25, -0.2) is 0 Å². The highest BCUT2D eigenvalue weighted by Crippen LogP contribution is 2.18. The first-order chi connectivity index (χ1) is 5.95. The van der Waals surface area contributed by atoms with E-state index in [-0.39, 0.29) is 0 Å². The van der Waals surface area contributed by atoms with Crippen molar-refractivity contribution in [3.8, 4) is 5.75 Å². The van der Waals surface area contributed by atoms with Crippen molar-refractivity contribution in [2.24, 2.45) is 0 Å². The van der Waals surface area contributed by atoms with E-state index < -0.39 is 8.07 Å². The van der Waals surface area contributed by atoms with E-state index in [4.69, 9.17) is 16.3 Å². The molecule has 0 bridgehead atoms. The van der Waals surface area contributed by atoms with Crippen LogP contribution in [0, 0.1) is 0 Å². The van der Waals surface area contributed by atoms with Crippen molar-refractivity contribution in [1.29, 1.82) is 0 Å². The van der Waals surface area contributed by atoms with Crippen LogP contribution in [0.3, 0.4) is 0 Å². The van der Waals surface area contributed by atoms with Crippen LogP contribution in [0.1, 0.15) is 0 Å². The van der Waals surface area contributed by atoms with Crippen molar-refractivity contribution in [2.45, 2.75) is 19.6 Å². The van der Waals surface area contributed by atoms with Crippen molar-refractivity contribution in [3.05, 3.63) is 23.2 Å². The van der Waals surface area contributed by atoms with Crippen molar-refractivity contribution < 1.29 is 4.74 Å². The fraction of sp³-hybridized carbons (Fsp3) is 0.400. The van der Waals surface area contributed by atoms with Gasteiger partial charge in [-0.1, -0.05) is 31.2 Å². The first-order valence-corrected chi connectivity index (χ1v) is 8.17. The molecule has 0 aromatic heterocycles. The van der Waals surface area contributed by atoms with Crippen LogP contribution in [-0.2, 0) is 0 Å². The maximum absolute atomic E-state index is 5.95. The van der Waals surface area contributed by atoms with E-state index in [1.807, 2.05) is 18.2 Å². The molecule has 0 saturated carbocycles. The summed E-state index contributed by atoms with van der Waals surface area (Å²) in [6.45, 7) is 6.84. The molecule has 0 atom stereocenters. The predicted octanol–water partition coefficient (Wildman–Crippen LogP) is 2.89. The van der Waals surface area contributed by atoms with E-state index in [1.165, 1.54) is 5.19 Å². The number of rotatable bonds is 2. The molecule has 1 nitrogen and oxygen atoms in total. The molecule has 3 heteroatoms. The summed E-state index contributed by atoms with van der Waals surface area (Å²) in [5.41, 5.74) is 0. The Kier molecular flexibility index (Phi) is 3.04. The topological polar surface area (TPSA) is 9.23 Å². The van der Waals surface area contributed by atoms with Crippen molar-refractivity contribution in [1.82, 2.24) is 0 Å². The Morgan fingerprint density at radius 2 is 1.85 bits per heavy atom. The Bertz CT molecular complexity index is 304. The molecule has 1 aromatic rings. The van der Waals surface area contributed by atoms with E-state index >= 15 is 0 Å². The second-order valence-corrected chi connectivity index (χ2v) is 9.57. The standard InChI is InChI=1S/C10H15ClOSi/c1-12-9-6-5-8(11)7-10(9)13(2,3)4/h5-7H,1-4H3. The smallest absolute Gasteiger partial charge is 0.118 e. The van der Waals surface area contributed by atoms with Crippen LogP contribution in [0.2, 0.25) is 24.7 Å². The molecule has 0 N–H and O–H groups in total. The van der Waals surface area contributed by atoms with Gasteiger partial charge in [0.05, 0.1) is 15.2 Å². The maximum atomic E-state index is 5.95. The highest BCUT2D eigenvalue weighted by Gasteiger charge is 2.20. The zero-order valence-electron chi connectivity index (χ0n) is 8.52. The zero-order chi connectivity index (χ0) is 10.1. The molecule has 0 amide bonds. The Morgan fingerprint density at radius 1 is 1.23 bits per heavy atom. The third-order valence-electron chi connectivity index (χ3n) is 1.97. The van der Waals surface area contributed by atoms with Gasteiger partial charge in [0.25, 0.3) is 0 Å². The van der Waals surface area contributed by atoms with Crippen LogP contribution < -0.4 is 9.92 Å². The van der Waals surface area contributed by atoms with Gasteiger partial charge in [-0.3, -0.25) is 0 Å². The molecule has 0 saturated heterocycles. The number of methoxy groups -OCH3 is 1. The lowest BCUT2D eigenvalue weighted by Crippen LogP contribution is -2.38. The van der Waals surface area contributed by atoms with Gasteiger partial charge in [0.1, 0.15) is 5.75 Å². The molecule has 0 unspecified atom stereocenters. The van der Waals surface area contributed by atoms with Gasteiger partial charge in [0.2, 0.25) is 0 Å². The summed E-state index contributed by atoms with van der Waals surface area (Å²) < 4.78 is 5.30. The third-order valence-corrected chi connectivity index (χ3v) is 4.21. The second kappa shape index (κ2) is 3.72. The van der Waals surface area contributed by atoms with E-state index in [0.29, 0.717) is 0 Å². The Hall–Kier alpha value is -0.473. The van der Waals surface area contributed by atoms with E-state index in [2.05, 4.69) is 19.6 Å². The van der Waals surface area contributed by atoms with Crippen LogP contribution in [0.5, 0.6) is 5.75 Å². The molecule has 1 aromatic carbocycles. The average molecular weight is 215 g/mol. The molecule has 0 heterocycles. The van der Waals surface area contributed by atoms with Crippen LogP contribution in [0.25, 0.3) is 0 Å². The van der Waals surface area contributed by atoms with Crippen molar-refractivity contribution >= 4 is 24.9 Å². The molecule has 0 radical (unpaired) electrons. The van der Waals surface area contributed by atoms with Crippen molar-refractivity contribution in [3.63, 3.8) is 0 Å². The number of ether oxygens (including phenoxy) is 1. The molecule has 0 aliphatic carbocycles. The summed E-state index contributed by atoms with van der Waals surface area (Å²) in [5.74, 6) is 0.962. The summed E-state index contributed by atoms with van der Waals surface area (Å²) in [7, 11) is 0.362. The predicted molar refractivity (Wildman–Crippen MR) is 61.0 cm³/mol. The molecular formula is C10H15ClOSi. The zero-order valence-corrected chi connectivity index (χ0v) is 10.3. The molecule has 72 valence electrons. The monoisotopic (exact) mass is 214 g/mol. The van der Waals surface area contributed by atoms with Crippen LogP contribution in [0.15, 0.2) is 18.2 Å². The first-order valence-electron chi connectivity index (χ1n) is 4.29. The van der Waals surface area contributed by atoms with Gasteiger partial charge in [-0.2, -0.15) is 0 Å². The number of halogens is 1. The summed E-state index contributed by atoms with van der Waals surface area (Å²) in [5, 5.41) is 2.07. The Labute approximate surface area is 85.7 Å². The average Bonchev–Trinajstić information content (AvgIpc) is 2.03. The second-order valence-electron chi connectivity index (χ2n) is 4.09. The van der Waals surface area contributed by atoms with Crippen LogP contribution >= 0.6 is 11.6 Å². The lowest BCUT2D eigenvalue weighted by Gasteiger charge is -2.20. The number of hydrogen-bond donors (Lipinski definition) is 0. The maximum Gasteiger partial charge on any atom is 0.118 e. The highest BCUT2D eigenvalue weighted by molar-refractivity contribution is 6.89. The van der Waals surface area contributed by atoms with E-state index in [0.717, 1.165) is 10.8 Å². The Morgan fingerprint density at radius 3 is 2.31 bits per heavy atom. The van der Waals surface area contributed by atoms with Gasteiger partial charge in [0.15, 0.2) is 0 Å². The fourth-order valence-corrected chi connectivity index (χ4v) is 3.04. The molecule has 0 spiro atoms. The highest BCUT2D eigenvalue weighted by atomic mass is 35.5. The minimum absolute atomic E-state index is 0.790. The molecule has 0 aliphatic heterocycles. The van der Waals surface area contributed by atoms with Gasteiger partial charge in [-0.05, 0) is 23.4 Å². The summed E-state index contributed by atoms with van der Waals surface area (Å²) in [6.07, 6.45) is 0. The van der Waals surface area contributed by atoms with Crippen LogP contribution in [0.4, 0.5) is 0 Å². The van der Waals surface area contributed by atoms with Gasteiger partial charge in [0, 0.05) is 5.02 Å². The molecular weight excluding hydrogens is 200 g/mol. The summed E-state index contributed by atoms with van der Waals surface area (Å²) in [4.78, 5) is 0. The third kappa shape index (κ3) is 2.48. The first kappa shape index (κ1) is 10.6. The van der Waals surface area contributed by atoms with E-state index in [1.54, 1.807) is 7.11 Å². The quantitative estimate of drug-likeness (QED) is 0.688. The largest absolute Gasteiger partial charge is 0.497 e. The van der Waals surface area contributed by atoms with Crippen LogP contribution in [-0.4, -0.2) is 15.2 Å². The number of benzene rings is 1. The van der Waals surface area contributed by atoms with Crippen molar-refractivity contribution in [2.75, 3.05) is 7.11 Å². The Balaban J connectivity index is 3.24. The lowest BCUT2D eigenvalue weighted by atomic mass is 10.3. The van der Waals surface area contributed by atoms with Gasteiger partial charge in [-0.15, -0.1) is 0 Å². The lowest BCUT2D eigenvalue weighted by molar-refractivity contribution is 0.418. The minimum atomic E-state index is -1.34. The SMILES string of the molecule is COc1ccc(Cl)cc1[Si](C)(C)C. The number of hydrogen-bond acceptors (Lipinski definition) is 1. The van der Waals surface area contributed by atoms with E-state index in [9.17, 15) is 0 Å². The molecule has 0 aliphatic rings. The van der Waals surface area contributed by atoms with Gasteiger partial charge < -0.3 is 4.74 Å².